The fraction of sp³-hybridized carbons (Fsp3) is 0.625. The van der Waals surface area contributed by atoms with Crippen molar-refractivity contribution in [3.63, 3.8) is 0 Å². The molecule has 1 nitrogen and oxygen atoms in total. The monoisotopic (exact) mass is 450 g/mol. The maximum absolute atomic E-state index is 7.09. The fourth-order valence-corrected chi connectivity index (χ4v) is 4.48. The molecule has 2 aromatic carbocycles. The number of rotatable bonds is 6. The first kappa shape index (κ1) is 27.5. The van der Waals surface area contributed by atoms with Crippen molar-refractivity contribution in [2.24, 2.45) is 21.7 Å². The molecule has 33 heavy (non-hydrogen) atoms. The highest BCUT2D eigenvalue weighted by molar-refractivity contribution is 5.50. The lowest BCUT2D eigenvalue weighted by atomic mass is 9.83. The van der Waals surface area contributed by atoms with E-state index in [1.54, 1.807) is 0 Å². The van der Waals surface area contributed by atoms with Crippen LogP contribution in [0.4, 0.5) is 0 Å². The molecule has 0 atom stereocenters. The lowest BCUT2D eigenvalue weighted by molar-refractivity contribution is 0.366. The van der Waals surface area contributed by atoms with Crippen LogP contribution in [0.1, 0.15) is 105 Å². The molecule has 0 heterocycles. The molecule has 2 rings (SSSR count). The average molecular weight is 451 g/mol. The second kappa shape index (κ2) is 9.85. The Hall–Kier alpha value is -1.76. The van der Waals surface area contributed by atoms with Crippen LogP contribution in [0.3, 0.4) is 0 Å². The van der Waals surface area contributed by atoms with Crippen molar-refractivity contribution in [1.29, 1.82) is 0 Å². The average Bonchev–Trinajstić information content (AvgIpc) is 2.54. The Morgan fingerprint density at radius 2 is 0.636 bits per heavy atom. The molecule has 0 aliphatic carbocycles. The minimum Gasteiger partial charge on any atom is -0.456 e. The van der Waals surface area contributed by atoms with E-state index in [2.05, 4.69) is 119 Å². The molecule has 0 fully saturated rings. The Balaban J connectivity index is 2.70. The van der Waals surface area contributed by atoms with Crippen LogP contribution >= 0.6 is 0 Å². The predicted molar refractivity (Wildman–Crippen MR) is 146 cm³/mol. The van der Waals surface area contributed by atoms with E-state index in [9.17, 15) is 0 Å². The van der Waals surface area contributed by atoms with Gasteiger partial charge in [0.1, 0.15) is 11.5 Å². The van der Waals surface area contributed by atoms with Gasteiger partial charge in [-0.2, -0.15) is 0 Å². The highest BCUT2D eigenvalue weighted by Crippen LogP contribution is 2.41. The molecule has 0 spiro atoms. The summed E-state index contributed by atoms with van der Waals surface area (Å²) in [6.07, 6.45) is 3.99. The van der Waals surface area contributed by atoms with E-state index in [1.165, 1.54) is 22.3 Å². The lowest BCUT2D eigenvalue weighted by Gasteiger charge is -2.28. The summed E-state index contributed by atoms with van der Waals surface area (Å²) >= 11 is 0. The van der Waals surface area contributed by atoms with Crippen LogP contribution in [0, 0.1) is 21.7 Å². The van der Waals surface area contributed by atoms with Crippen LogP contribution in [0.5, 0.6) is 11.5 Å². The van der Waals surface area contributed by atoms with Gasteiger partial charge < -0.3 is 4.74 Å². The summed E-state index contributed by atoms with van der Waals surface area (Å²) in [6, 6.07) is 13.5. The molecule has 0 saturated heterocycles. The topological polar surface area (TPSA) is 9.23 Å². The van der Waals surface area contributed by atoms with Gasteiger partial charge in [-0.3, -0.25) is 0 Å². The van der Waals surface area contributed by atoms with E-state index in [0.29, 0.717) is 0 Å². The zero-order valence-corrected chi connectivity index (χ0v) is 23.7. The Morgan fingerprint density at radius 3 is 0.818 bits per heavy atom. The number of benzene rings is 2. The molecule has 0 bridgehead atoms. The molecule has 0 aromatic heterocycles. The highest BCUT2D eigenvalue weighted by atomic mass is 16.5. The summed E-state index contributed by atoms with van der Waals surface area (Å²) in [4.78, 5) is 0. The second-order valence-electron chi connectivity index (χ2n) is 14.9. The fourth-order valence-electron chi connectivity index (χ4n) is 4.48. The van der Waals surface area contributed by atoms with Gasteiger partial charge in [-0.1, -0.05) is 119 Å². The van der Waals surface area contributed by atoms with E-state index < -0.39 is 0 Å². The summed E-state index contributed by atoms with van der Waals surface area (Å²) in [5.74, 6) is 2.16. The minimum absolute atomic E-state index is 0.192. The third-order valence-corrected chi connectivity index (χ3v) is 5.44. The Bertz CT molecular complexity index is 775. The van der Waals surface area contributed by atoms with E-state index in [-0.39, 0.29) is 21.7 Å². The van der Waals surface area contributed by atoms with E-state index >= 15 is 0 Å². The molecule has 2 aromatic rings. The molecule has 1 heteroatoms. The van der Waals surface area contributed by atoms with Gasteiger partial charge >= 0.3 is 0 Å². The van der Waals surface area contributed by atoms with Crippen molar-refractivity contribution in [2.75, 3.05) is 0 Å². The van der Waals surface area contributed by atoms with E-state index in [4.69, 9.17) is 4.74 Å². The normalized spacial score (nSPS) is 13.3. The third-order valence-electron chi connectivity index (χ3n) is 5.44. The van der Waals surface area contributed by atoms with Crippen LogP contribution in [0.2, 0.25) is 0 Å². The van der Waals surface area contributed by atoms with Gasteiger partial charge in [0.2, 0.25) is 0 Å². The van der Waals surface area contributed by atoms with Crippen molar-refractivity contribution in [2.45, 2.75) is 109 Å². The van der Waals surface area contributed by atoms with Gasteiger partial charge in [-0.15, -0.1) is 0 Å². The van der Waals surface area contributed by atoms with E-state index in [1.807, 2.05) is 0 Å². The summed E-state index contributed by atoms with van der Waals surface area (Å²) in [7, 11) is 0. The van der Waals surface area contributed by atoms with Gasteiger partial charge in [-0.25, -0.2) is 0 Å². The zero-order valence-electron chi connectivity index (χ0n) is 23.7. The standard InChI is InChI=1S/C32H50O/c1-29(2,3)19-23-15-13-16-24(20-30(4,5)6)27(23)33-28-25(21-31(7,8)9)17-14-18-26(28)22-32(10,11)12/h13-18H,19-22H2,1-12H3. The Morgan fingerprint density at radius 1 is 0.424 bits per heavy atom. The Kier molecular flexibility index (Phi) is 8.20. The van der Waals surface area contributed by atoms with Crippen molar-refractivity contribution in [3.8, 4) is 11.5 Å². The summed E-state index contributed by atoms with van der Waals surface area (Å²) in [6.45, 7) is 27.7. The number of hydrogen-bond donors (Lipinski definition) is 0. The second-order valence-corrected chi connectivity index (χ2v) is 14.9. The number of ether oxygens (including phenoxy) is 1. The van der Waals surface area contributed by atoms with Gasteiger partial charge in [-0.05, 0) is 69.6 Å². The first-order chi connectivity index (χ1) is 14.8. The maximum Gasteiger partial charge on any atom is 0.133 e. The number of para-hydroxylation sites is 2. The lowest BCUT2D eigenvalue weighted by Crippen LogP contribution is -2.16. The summed E-state index contributed by atoms with van der Waals surface area (Å²) in [5.41, 5.74) is 6.03. The quantitative estimate of drug-likeness (QED) is 0.425. The smallest absolute Gasteiger partial charge is 0.133 e. The van der Waals surface area contributed by atoms with Crippen LogP contribution in [-0.2, 0) is 25.7 Å². The molecular weight excluding hydrogens is 400 g/mol. The molecule has 0 aliphatic rings. The minimum atomic E-state index is 0.192. The molecule has 184 valence electrons. The SMILES string of the molecule is CC(C)(C)Cc1cccc(CC(C)(C)C)c1Oc1c(CC(C)(C)C)cccc1CC(C)(C)C. The van der Waals surface area contributed by atoms with Crippen LogP contribution < -0.4 is 4.74 Å². The first-order valence-corrected chi connectivity index (χ1v) is 12.7. The third kappa shape index (κ3) is 9.55. The van der Waals surface area contributed by atoms with Crippen molar-refractivity contribution < 1.29 is 4.74 Å². The zero-order chi connectivity index (χ0) is 25.2. The molecular formula is C32H50O. The summed E-state index contributed by atoms with van der Waals surface area (Å²) < 4.78 is 7.09. The predicted octanol–water partition coefficient (Wildman–Crippen LogP) is 9.83. The van der Waals surface area contributed by atoms with Gasteiger partial charge in [0, 0.05) is 0 Å². The molecule has 0 radical (unpaired) electrons. The molecule has 0 unspecified atom stereocenters. The van der Waals surface area contributed by atoms with Crippen LogP contribution in [0.15, 0.2) is 36.4 Å². The summed E-state index contributed by atoms with van der Waals surface area (Å²) in [5, 5.41) is 0. The largest absolute Gasteiger partial charge is 0.456 e. The highest BCUT2D eigenvalue weighted by Gasteiger charge is 2.25. The molecule has 0 amide bonds. The van der Waals surface area contributed by atoms with Gasteiger partial charge in [0.05, 0.1) is 0 Å². The first-order valence-electron chi connectivity index (χ1n) is 12.7. The van der Waals surface area contributed by atoms with Gasteiger partial charge in [0.15, 0.2) is 0 Å². The van der Waals surface area contributed by atoms with Crippen LogP contribution in [-0.4, -0.2) is 0 Å². The Labute approximate surface area is 205 Å². The van der Waals surface area contributed by atoms with Crippen molar-refractivity contribution in [1.82, 2.24) is 0 Å². The van der Waals surface area contributed by atoms with E-state index in [0.717, 1.165) is 37.2 Å². The van der Waals surface area contributed by atoms with Crippen molar-refractivity contribution in [3.05, 3.63) is 58.7 Å². The molecule has 0 N–H and O–H groups in total. The van der Waals surface area contributed by atoms with Gasteiger partial charge in [0.25, 0.3) is 0 Å². The maximum atomic E-state index is 7.09. The molecule has 0 saturated carbocycles. The van der Waals surface area contributed by atoms with Crippen molar-refractivity contribution >= 4 is 0 Å². The number of hydrogen-bond acceptors (Lipinski definition) is 1. The van der Waals surface area contributed by atoms with Crippen LogP contribution in [0.25, 0.3) is 0 Å². The molecule has 0 aliphatic heterocycles.